The normalized spacial score (nSPS) is 10.8. The Kier molecular flexibility index (Phi) is 4.39. The van der Waals surface area contributed by atoms with Gasteiger partial charge in [0.25, 0.3) is 5.91 Å². The lowest BCUT2D eigenvalue weighted by Gasteiger charge is -2.06. The smallest absolute Gasteiger partial charge is 0.328 e. The molecule has 2 aromatic rings. The molecule has 1 aromatic carbocycles. The van der Waals surface area contributed by atoms with Crippen LogP contribution in [0.4, 0.5) is 5.82 Å². The third-order valence-corrected chi connectivity index (χ3v) is 3.06. The molecule has 6 nitrogen and oxygen atoms in total. The zero-order chi connectivity index (χ0) is 15.4. The number of hydrogen-bond acceptors (Lipinski definition) is 3. The molecular weight excluding hydrogens is 294 g/mol. The Morgan fingerprint density at radius 2 is 2.14 bits per heavy atom. The Morgan fingerprint density at radius 3 is 2.71 bits per heavy atom. The maximum absolute atomic E-state index is 12.1. The van der Waals surface area contributed by atoms with E-state index < -0.39 is 5.97 Å². The van der Waals surface area contributed by atoms with Crippen LogP contribution < -0.4 is 5.32 Å². The topological polar surface area (TPSA) is 84.2 Å². The van der Waals surface area contributed by atoms with E-state index in [0.717, 1.165) is 6.08 Å². The van der Waals surface area contributed by atoms with E-state index in [1.54, 1.807) is 31.4 Å². The van der Waals surface area contributed by atoms with E-state index in [4.69, 9.17) is 16.7 Å². The maximum atomic E-state index is 12.1. The molecule has 0 saturated carbocycles. The van der Waals surface area contributed by atoms with Crippen molar-refractivity contribution in [3.05, 3.63) is 52.7 Å². The fraction of sp³-hybridized carbons (Fsp3) is 0.0714. The van der Waals surface area contributed by atoms with E-state index in [0.29, 0.717) is 22.0 Å². The highest BCUT2D eigenvalue weighted by Gasteiger charge is 2.10. The number of aryl methyl sites for hydroxylation is 1. The first-order valence-corrected chi connectivity index (χ1v) is 6.35. The van der Waals surface area contributed by atoms with Gasteiger partial charge >= 0.3 is 5.97 Å². The minimum absolute atomic E-state index is 0.296. The van der Waals surface area contributed by atoms with Crippen LogP contribution in [-0.2, 0) is 11.8 Å². The van der Waals surface area contributed by atoms with Gasteiger partial charge in [0.2, 0.25) is 0 Å². The highest BCUT2D eigenvalue weighted by Crippen LogP contribution is 2.20. The van der Waals surface area contributed by atoms with Gasteiger partial charge in [0.1, 0.15) is 5.82 Å². The average molecular weight is 306 g/mol. The highest BCUT2D eigenvalue weighted by atomic mass is 35.5. The largest absolute Gasteiger partial charge is 0.478 e. The first-order chi connectivity index (χ1) is 9.97. The molecule has 2 rings (SSSR count). The molecule has 0 radical (unpaired) electrons. The van der Waals surface area contributed by atoms with E-state index in [1.807, 2.05) is 0 Å². The van der Waals surface area contributed by atoms with E-state index in [2.05, 4.69) is 10.4 Å². The fourth-order valence-electron chi connectivity index (χ4n) is 1.65. The average Bonchev–Trinajstić information content (AvgIpc) is 2.82. The van der Waals surface area contributed by atoms with Crippen LogP contribution in [0.15, 0.2) is 36.5 Å². The highest BCUT2D eigenvalue weighted by molar-refractivity contribution is 6.32. The number of carboxylic acid groups (broad SMARTS) is 1. The van der Waals surface area contributed by atoms with Crippen molar-refractivity contribution in [3.63, 3.8) is 0 Å². The molecule has 0 aliphatic rings. The van der Waals surface area contributed by atoms with E-state index >= 15 is 0 Å². The van der Waals surface area contributed by atoms with Crippen molar-refractivity contribution in [2.24, 2.45) is 7.05 Å². The quantitative estimate of drug-likeness (QED) is 0.850. The fourth-order valence-corrected chi connectivity index (χ4v) is 1.89. The molecule has 0 saturated heterocycles. The first-order valence-electron chi connectivity index (χ1n) is 5.97. The lowest BCUT2D eigenvalue weighted by molar-refractivity contribution is -0.131. The Labute approximate surface area is 125 Å². The van der Waals surface area contributed by atoms with Crippen LogP contribution in [-0.4, -0.2) is 26.8 Å². The summed E-state index contributed by atoms with van der Waals surface area (Å²) < 4.78 is 1.53. The minimum atomic E-state index is -1.07. The van der Waals surface area contributed by atoms with Crippen molar-refractivity contribution in [1.29, 1.82) is 0 Å². The molecule has 1 aromatic heterocycles. The molecule has 0 aliphatic carbocycles. The molecule has 0 fully saturated rings. The molecule has 1 amide bonds. The SMILES string of the molecule is Cn1nccc1NC(=O)c1ccc(/C=C/C(=O)O)c(Cl)c1. The van der Waals surface area contributed by atoms with Crippen molar-refractivity contribution < 1.29 is 14.7 Å². The number of carbonyl (C=O) groups is 2. The number of benzene rings is 1. The number of anilines is 1. The summed E-state index contributed by atoms with van der Waals surface area (Å²) in [6.45, 7) is 0. The van der Waals surface area contributed by atoms with Crippen LogP contribution in [0.1, 0.15) is 15.9 Å². The maximum Gasteiger partial charge on any atom is 0.328 e. The number of amides is 1. The number of nitrogens with one attached hydrogen (secondary N) is 1. The Balaban J connectivity index is 2.18. The van der Waals surface area contributed by atoms with Crippen LogP contribution >= 0.6 is 11.6 Å². The molecule has 7 heteroatoms. The van der Waals surface area contributed by atoms with Gasteiger partial charge in [0.05, 0.1) is 6.20 Å². The summed E-state index contributed by atoms with van der Waals surface area (Å²) in [4.78, 5) is 22.5. The second-order valence-corrected chi connectivity index (χ2v) is 4.61. The summed E-state index contributed by atoms with van der Waals surface area (Å²) >= 11 is 6.03. The third-order valence-electron chi connectivity index (χ3n) is 2.73. The molecule has 21 heavy (non-hydrogen) atoms. The second-order valence-electron chi connectivity index (χ2n) is 4.20. The number of halogens is 1. The van der Waals surface area contributed by atoms with Gasteiger partial charge in [-0.2, -0.15) is 5.10 Å². The van der Waals surface area contributed by atoms with Crippen molar-refractivity contribution in [2.75, 3.05) is 5.32 Å². The summed E-state index contributed by atoms with van der Waals surface area (Å²) in [5.41, 5.74) is 0.893. The van der Waals surface area contributed by atoms with Crippen molar-refractivity contribution in [2.45, 2.75) is 0 Å². The molecular formula is C14H12ClN3O3. The number of hydrogen-bond donors (Lipinski definition) is 2. The molecule has 2 N–H and O–H groups in total. The lowest BCUT2D eigenvalue weighted by atomic mass is 10.1. The predicted octanol–water partition coefficient (Wildman–Crippen LogP) is 2.42. The van der Waals surface area contributed by atoms with Gasteiger partial charge in [-0.15, -0.1) is 0 Å². The zero-order valence-corrected chi connectivity index (χ0v) is 11.8. The molecule has 0 atom stereocenters. The number of rotatable bonds is 4. The van der Waals surface area contributed by atoms with Gasteiger partial charge in [-0.25, -0.2) is 4.79 Å². The van der Waals surface area contributed by atoms with Gasteiger partial charge in [0.15, 0.2) is 0 Å². The van der Waals surface area contributed by atoms with Crippen molar-refractivity contribution in [3.8, 4) is 0 Å². The molecule has 0 spiro atoms. The summed E-state index contributed by atoms with van der Waals surface area (Å²) in [5.74, 6) is -0.829. The van der Waals surface area contributed by atoms with E-state index in [-0.39, 0.29) is 5.91 Å². The van der Waals surface area contributed by atoms with E-state index in [9.17, 15) is 9.59 Å². The summed E-state index contributed by atoms with van der Waals surface area (Å²) in [6.07, 6.45) is 3.92. The summed E-state index contributed by atoms with van der Waals surface area (Å²) in [6, 6.07) is 6.30. The Bertz CT molecular complexity index is 722. The van der Waals surface area contributed by atoms with Gasteiger partial charge in [-0.3, -0.25) is 9.48 Å². The summed E-state index contributed by atoms with van der Waals surface area (Å²) in [5, 5.41) is 15.5. The van der Waals surface area contributed by atoms with E-state index in [1.165, 1.54) is 16.8 Å². The number of aliphatic carboxylic acids is 1. The van der Waals surface area contributed by atoms with Gasteiger partial charge < -0.3 is 10.4 Å². The van der Waals surface area contributed by atoms with Crippen LogP contribution in [0, 0.1) is 0 Å². The number of nitrogens with zero attached hydrogens (tertiary/aromatic N) is 2. The molecule has 0 bridgehead atoms. The van der Waals surface area contributed by atoms with Crippen LogP contribution in [0.3, 0.4) is 0 Å². The molecule has 108 valence electrons. The molecule has 1 heterocycles. The third kappa shape index (κ3) is 3.70. The second kappa shape index (κ2) is 6.23. The van der Waals surface area contributed by atoms with Crippen LogP contribution in [0.5, 0.6) is 0 Å². The van der Waals surface area contributed by atoms with Crippen molar-refractivity contribution >= 4 is 35.4 Å². The van der Waals surface area contributed by atoms with Crippen LogP contribution in [0.2, 0.25) is 5.02 Å². The standard InChI is InChI=1S/C14H12ClN3O3/c1-18-12(6-7-16-18)17-14(21)10-3-2-9(11(15)8-10)4-5-13(19)20/h2-8H,1H3,(H,17,21)(H,19,20)/b5-4+. The monoisotopic (exact) mass is 305 g/mol. The molecule has 0 unspecified atom stereocenters. The number of carboxylic acids is 1. The summed E-state index contributed by atoms with van der Waals surface area (Å²) in [7, 11) is 1.71. The van der Waals surface area contributed by atoms with Gasteiger partial charge in [0, 0.05) is 29.8 Å². The Morgan fingerprint density at radius 1 is 1.38 bits per heavy atom. The van der Waals surface area contributed by atoms with Crippen LogP contribution in [0.25, 0.3) is 6.08 Å². The first kappa shape index (κ1) is 14.8. The lowest BCUT2D eigenvalue weighted by Crippen LogP contribution is -2.14. The molecule has 0 aliphatic heterocycles. The minimum Gasteiger partial charge on any atom is -0.478 e. The zero-order valence-electron chi connectivity index (χ0n) is 11.1. The predicted molar refractivity (Wildman–Crippen MR) is 79.3 cm³/mol. The number of carbonyl (C=O) groups excluding carboxylic acids is 1. The van der Waals surface area contributed by atoms with Gasteiger partial charge in [-0.05, 0) is 23.8 Å². The Hall–Kier alpha value is -2.60. The van der Waals surface area contributed by atoms with Gasteiger partial charge in [-0.1, -0.05) is 17.7 Å². The number of aromatic nitrogens is 2. The van der Waals surface area contributed by atoms with Crippen molar-refractivity contribution in [1.82, 2.24) is 9.78 Å².